The van der Waals surface area contributed by atoms with E-state index >= 15 is 0 Å². The smallest absolute Gasteiger partial charge is 0.247 e. The Kier molecular flexibility index (Phi) is 4.05. The number of nitriles is 1. The minimum absolute atomic E-state index is 0.0498. The van der Waals surface area contributed by atoms with Crippen molar-refractivity contribution in [2.24, 2.45) is 0 Å². The first-order valence-electron chi connectivity index (χ1n) is 8.09. The van der Waals surface area contributed by atoms with E-state index in [4.69, 9.17) is 9.78 Å². The molecule has 1 aromatic carbocycles. The SMILES string of the molecule is N#CN1CC[C@@H](N2CCN(c3cc(-c4ccccc4)no3)S2(O)O)C1. The van der Waals surface area contributed by atoms with E-state index < -0.39 is 11.0 Å². The summed E-state index contributed by atoms with van der Waals surface area (Å²) in [6.45, 7) is 2.11. The molecule has 3 heterocycles. The third-order valence-electron chi connectivity index (χ3n) is 4.66. The van der Waals surface area contributed by atoms with E-state index in [-0.39, 0.29) is 6.04 Å². The van der Waals surface area contributed by atoms with Crippen molar-refractivity contribution in [3.63, 3.8) is 0 Å². The number of hydrogen-bond donors (Lipinski definition) is 2. The lowest BCUT2D eigenvalue weighted by atomic mass is 10.2. The Hall–Kier alpha value is -2.25. The maximum absolute atomic E-state index is 10.8. The van der Waals surface area contributed by atoms with Crippen molar-refractivity contribution >= 4 is 16.8 Å². The molecule has 9 heteroatoms. The monoisotopic (exact) mass is 361 g/mol. The second-order valence-corrected chi connectivity index (χ2v) is 8.03. The van der Waals surface area contributed by atoms with Gasteiger partial charge in [-0.15, -0.1) is 0 Å². The van der Waals surface area contributed by atoms with Gasteiger partial charge in [0, 0.05) is 31.3 Å². The molecule has 0 aliphatic carbocycles. The fourth-order valence-corrected chi connectivity index (χ4v) is 5.18. The molecular formula is C16H19N5O3S. The molecule has 2 saturated heterocycles. The minimum Gasteiger partial charge on any atom is -0.336 e. The zero-order chi connectivity index (χ0) is 17.4. The maximum atomic E-state index is 10.8. The largest absolute Gasteiger partial charge is 0.336 e. The Bertz CT molecular complexity index is 791. The first-order chi connectivity index (χ1) is 12.1. The van der Waals surface area contributed by atoms with E-state index in [1.165, 1.54) is 4.31 Å². The summed E-state index contributed by atoms with van der Waals surface area (Å²) < 4.78 is 30.1. The van der Waals surface area contributed by atoms with E-state index in [0.717, 1.165) is 12.0 Å². The van der Waals surface area contributed by atoms with Gasteiger partial charge in [-0.3, -0.25) is 9.11 Å². The summed E-state index contributed by atoms with van der Waals surface area (Å²) in [7, 11) is -3.17. The number of hydrogen-bond acceptors (Lipinski definition) is 8. The van der Waals surface area contributed by atoms with E-state index in [0.29, 0.717) is 37.8 Å². The molecule has 0 amide bonds. The van der Waals surface area contributed by atoms with E-state index in [1.807, 2.05) is 30.3 Å². The lowest BCUT2D eigenvalue weighted by Gasteiger charge is -2.43. The first-order valence-corrected chi connectivity index (χ1v) is 9.55. The highest BCUT2D eigenvalue weighted by Gasteiger charge is 2.44. The quantitative estimate of drug-likeness (QED) is 0.805. The summed E-state index contributed by atoms with van der Waals surface area (Å²) in [4.78, 5) is 1.64. The van der Waals surface area contributed by atoms with Crippen molar-refractivity contribution in [2.45, 2.75) is 12.5 Å². The molecule has 2 N–H and O–H groups in total. The second kappa shape index (κ2) is 6.24. The third-order valence-corrected chi connectivity index (χ3v) is 6.72. The molecule has 1 atom stereocenters. The van der Waals surface area contributed by atoms with Gasteiger partial charge < -0.3 is 9.42 Å². The Morgan fingerprint density at radius 1 is 1.20 bits per heavy atom. The van der Waals surface area contributed by atoms with Gasteiger partial charge >= 0.3 is 0 Å². The standard InChI is InChI=1S/C16H19N5O3S/c17-12-19-7-6-14(11-19)20-8-9-21(25(20,22)23)16-10-15(18-24-16)13-4-2-1-3-5-13/h1-5,10,14,22-23H,6-9,11H2/t14-/m1/s1. The van der Waals surface area contributed by atoms with Gasteiger partial charge in [-0.25, -0.2) is 4.31 Å². The predicted octanol–water partition coefficient (Wildman–Crippen LogP) is 2.60. The van der Waals surface area contributed by atoms with Crippen LogP contribution >= 0.6 is 11.0 Å². The van der Waals surface area contributed by atoms with Gasteiger partial charge in [0.15, 0.2) is 6.19 Å². The van der Waals surface area contributed by atoms with E-state index in [9.17, 15) is 9.11 Å². The normalized spacial score (nSPS) is 24.4. The van der Waals surface area contributed by atoms with Crippen molar-refractivity contribution in [3.05, 3.63) is 36.4 Å². The number of likely N-dealkylation sites (tertiary alicyclic amines) is 1. The van der Waals surface area contributed by atoms with Gasteiger partial charge in [0.25, 0.3) is 0 Å². The van der Waals surface area contributed by atoms with Crippen LogP contribution in [0.3, 0.4) is 0 Å². The van der Waals surface area contributed by atoms with Crippen molar-refractivity contribution in [1.82, 2.24) is 14.4 Å². The molecule has 25 heavy (non-hydrogen) atoms. The summed E-state index contributed by atoms with van der Waals surface area (Å²) in [6, 6.07) is 11.3. The number of rotatable bonds is 3. The van der Waals surface area contributed by atoms with E-state index in [1.54, 1.807) is 15.3 Å². The van der Waals surface area contributed by atoms with Crippen LogP contribution in [-0.4, -0.2) is 55.7 Å². The molecule has 0 radical (unpaired) electrons. The Balaban J connectivity index is 1.54. The molecular weight excluding hydrogens is 342 g/mol. The van der Waals surface area contributed by atoms with Crippen molar-refractivity contribution in [3.8, 4) is 17.5 Å². The zero-order valence-corrected chi connectivity index (χ0v) is 14.3. The van der Waals surface area contributed by atoms with Gasteiger partial charge in [0.05, 0.1) is 12.6 Å². The average molecular weight is 361 g/mol. The van der Waals surface area contributed by atoms with Crippen LogP contribution in [0.25, 0.3) is 11.3 Å². The number of benzene rings is 1. The van der Waals surface area contributed by atoms with Crippen molar-refractivity contribution in [2.75, 3.05) is 30.5 Å². The zero-order valence-electron chi connectivity index (χ0n) is 13.5. The molecule has 0 unspecified atom stereocenters. The van der Waals surface area contributed by atoms with Gasteiger partial charge in [0.1, 0.15) is 5.69 Å². The van der Waals surface area contributed by atoms with Gasteiger partial charge in [-0.1, -0.05) is 35.5 Å². The summed E-state index contributed by atoms with van der Waals surface area (Å²) in [6.07, 6.45) is 2.86. The average Bonchev–Trinajstić information content (AvgIpc) is 3.33. The number of nitrogens with zero attached hydrogens (tertiary/aromatic N) is 5. The highest BCUT2D eigenvalue weighted by Crippen LogP contribution is 2.55. The predicted molar refractivity (Wildman–Crippen MR) is 94.4 cm³/mol. The molecule has 0 saturated carbocycles. The Morgan fingerprint density at radius 3 is 2.72 bits per heavy atom. The van der Waals surface area contributed by atoms with Gasteiger partial charge in [-0.05, 0) is 17.4 Å². The molecule has 2 aliphatic heterocycles. The maximum Gasteiger partial charge on any atom is 0.247 e. The molecule has 4 rings (SSSR count). The van der Waals surface area contributed by atoms with E-state index in [2.05, 4.69) is 11.3 Å². The third kappa shape index (κ3) is 2.83. The number of anilines is 1. The van der Waals surface area contributed by atoms with Crippen LogP contribution in [0.15, 0.2) is 40.9 Å². The lowest BCUT2D eigenvalue weighted by molar-refractivity contribution is 0.309. The molecule has 2 aromatic rings. The fraction of sp³-hybridized carbons (Fsp3) is 0.375. The van der Waals surface area contributed by atoms with Crippen LogP contribution in [0.1, 0.15) is 6.42 Å². The van der Waals surface area contributed by atoms with Gasteiger partial charge in [0.2, 0.25) is 5.88 Å². The molecule has 0 bridgehead atoms. The topological polar surface area (TPSA) is 100 Å². The minimum atomic E-state index is -3.17. The Labute approximate surface area is 147 Å². The second-order valence-electron chi connectivity index (χ2n) is 6.14. The molecule has 132 valence electrons. The molecule has 0 spiro atoms. The van der Waals surface area contributed by atoms with Crippen LogP contribution in [0, 0.1) is 11.5 Å². The fourth-order valence-electron chi connectivity index (χ4n) is 3.37. The highest BCUT2D eigenvalue weighted by atomic mass is 32.3. The number of aromatic nitrogens is 1. The Morgan fingerprint density at radius 2 is 2.00 bits per heavy atom. The lowest BCUT2D eigenvalue weighted by Crippen LogP contribution is -2.38. The summed E-state index contributed by atoms with van der Waals surface area (Å²) in [5.41, 5.74) is 1.56. The summed E-state index contributed by atoms with van der Waals surface area (Å²) >= 11 is 0. The van der Waals surface area contributed by atoms with Crippen LogP contribution in [0.4, 0.5) is 5.88 Å². The van der Waals surface area contributed by atoms with Crippen molar-refractivity contribution in [1.29, 1.82) is 5.26 Å². The van der Waals surface area contributed by atoms with Crippen molar-refractivity contribution < 1.29 is 13.6 Å². The van der Waals surface area contributed by atoms with Crippen LogP contribution in [-0.2, 0) is 0 Å². The highest BCUT2D eigenvalue weighted by molar-refractivity contribution is 8.23. The van der Waals surface area contributed by atoms with Crippen LogP contribution in [0.5, 0.6) is 0 Å². The summed E-state index contributed by atoms with van der Waals surface area (Å²) in [5, 5.41) is 13.1. The molecule has 8 nitrogen and oxygen atoms in total. The summed E-state index contributed by atoms with van der Waals surface area (Å²) in [5.74, 6) is 0.344. The van der Waals surface area contributed by atoms with Crippen LogP contribution in [0.2, 0.25) is 0 Å². The first kappa shape index (κ1) is 16.2. The molecule has 1 aromatic heterocycles. The molecule has 2 aliphatic rings. The molecule has 2 fully saturated rings. The van der Waals surface area contributed by atoms with Gasteiger partial charge in [-0.2, -0.15) is 9.57 Å². The van der Waals surface area contributed by atoms with Crippen LogP contribution < -0.4 is 4.31 Å².